The summed E-state index contributed by atoms with van der Waals surface area (Å²) in [6, 6.07) is 8.11. The van der Waals surface area contributed by atoms with Crippen LogP contribution in [0.4, 0.5) is 8.78 Å². The Labute approximate surface area is 118 Å². The highest BCUT2D eigenvalue weighted by Gasteiger charge is 2.15. The Balaban J connectivity index is 2.43. The van der Waals surface area contributed by atoms with Crippen LogP contribution in [0.3, 0.4) is 0 Å². The number of rotatable bonds is 3. The Morgan fingerprint density at radius 2 is 1.95 bits per heavy atom. The van der Waals surface area contributed by atoms with Crippen molar-refractivity contribution in [3.05, 3.63) is 58.1 Å². The van der Waals surface area contributed by atoms with Crippen molar-refractivity contribution < 1.29 is 13.5 Å². The van der Waals surface area contributed by atoms with Crippen LogP contribution in [0.2, 0.25) is 0 Å². The lowest BCUT2D eigenvalue weighted by Gasteiger charge is -2.15. The van der Waals surface area contributed by atoms with Crippen LogP contribution >= 0.6 is 15.9 Å². The van der Waals surface area contributed by atoms with Gasteiger partial charge in [-0.1, -0.05) is 12.1 Å². The molecular weight excluding hydrogens is 316 g/mol. The fourth-order valence-corrected chi connectivity index (χ4v) is 2.09. The molecule has 19 heavy (non-hydrogen) atoms. The Bertz CT molecular complexity index is 602. The van der Waals surface area contributed by atoms with E-state index < -0.39 is 11.6 Å². The fraction of sp³-hybridized carbons (Fsp3) is 0.143. The molecule has 0 spiro atoms. The minimum atomic E-state index is -0.508. The van der Waals surface area contributed by atoms with Crippen LogP contribution in [0.15, 0.2) is 40.9 Å². The van der Waals surface area contributed by atoms with Gasteiger partial charge in [-0.25, -0.2) is 8.78 Å². The first-order chi connectivity index (χ1) is 8.99. The van der Waals surface area contributed by atoms with Crippen molar-refractivity contribution in [3.8, 4) is 11.5 Å². The van der Waals surface area contributed by atoms with Gasteiger partial charge in [0, 0.05) is 11.6 Å². The van der Waals surface area contributed by atoms with Crippen LogP contribution < -0.4 is 10.5 Å². The van der Waals surface area contributed by atoms with E-state index >= 15 is 0 Å². The highest BCUT2D eigenvalue weighted by Crippen LogP contribution is 2.35. The molecule has 0 fully saturated rings. The molecule has 2 aromatic rings. The summed E-state index contributed by atoms with van der Waals surface area (Å²) in [5.41, 5.74) is 6.33. The first-order valence-electron chi connectivity index (χ1n) is 5.66. The first kappa shape index (κ1) is 14.0. The summed E-state index contributed by atoms with van der Waals surface area (Å²) in [4.78, 5) is 0. The van der Waals surface area contributed by atoms with Gasteiger partial charge in [0.2, 0.25) is 0 Å². The van der Waals surface area contributed by atoms with Crippen LogP contribution in [-0.2, 0) is 0 Å². The smallest absolute Gasteiger partial charge is 0.167 e. The SMILES string of the molecule is C[C@H](N)c1cccc(F)c1Oc1ccc(F)cc1Br. The normalized spacial score (nSPS) is 12.3. The summed E-state index contributed by atoms with van der Waals surface area (Å²) in [5.74, 6) is -0.524. The Morgan fingerprint density at radius 3 is 2.58 bits per heavy atom. The Hall–Kier alpha value is -1.46. The molecule has 0 bridgehead atoms. The van der Waals surface area contributed by atoms with E-state index in [4.69, 9.17) is 10.5 Å². The van der Waals surface area contributed by atoms with Gasteiger partial charge in [0.05, 0.1) is 4.47 Å². The van der Waals surface area contributed by atoms with Crippen molar-refractivity contribution in [3.63, 3.8) is 0 Å². The van der Waals surface area contributed by atoms with Crippen LogP contribution in [0.5, 0.6) is 11.5 Å². The van der Waals surface area contributed by atoms with Crippen molar-refractivity contribution in [1.29, 1.82) is 0 Å². The maximum atomic E-state index is 13.8. The van der Waals surface area contributed by atoms with Crippen molar-refractivity contribution in [1.82, 2.24) is 0 Å². The van der Waals surface area contributed by atoms with Gasteiger partial charge in [0.15, 0.2) is 11.6 Å². The third-order valence-corrected chi connectivity index (χ3v) is 3.21. The topological polar surface area (TPSA) is 35.2 Å². The molecule has 0 unspecified atom stereocenters. The monoisotopic (exact) mass is 327 g/mol. The molecule has 0 aliphatic heterocycles. The van der Waals surface area contributed by atoms with E-state index in [9.17, 15) is 8.78 Å². The van der Waals surface area contributed by atoms with Gasteiger partial charge in [0.1, 0.15) is 11.6 Å². The van der Waals surface area contributed by atoms with E-state index in [2.05, 4.69) is 15.9 Å². The molecule has 2 aromatic carbocycles. The molecule has 0 aromatic heterocycles. The van der Waals surface area contributed by atoms with Gasteiger partial charge in [-0.3, -0.25) is 0 Å². The zero-order chi connectivity index (χ0) is 14.0. The molecule has 5 heteroatoms. The van der Waals surface area contributed by atoms with E-state index in [0.29, 0.717) is 15.8 Å². The molecule has 0 aliphatic carbocycles. The molecule has 0 saturated carbocycles. The van der Waals surface area contributed by atoms with Gasteiger partial charge in [-0.05, 0) is 47.1 Å². The number of ether oxygens (including phenoxy) is 1. The van der Waals surface area contributed by atoms with Gasteiger partial charge in [-0.15, -0.1) is 0 Å². The molecular formula is C14H12BrF2NO. The number of hydrogen-bond donors (Lipinski definition) is 1. The molecule has 0 radical (unpaired) electrons. The first-order valence-corrected chi connectivity index (χ1v) is 6.45. The second-order valence-corrected chi connectivity index (χ2v) is 4.98. The number of benzene rings is 2. The summed E-state index contributed by atoms with van der Waals surface area (Å²) in [5, 5.41) is 0. The van der Waals surface area contributed by atoms with Crippen LogP contribution in [0, 0.1) is 11.6 Å². The fourth-order valence-electron chi connectivity index (χ4n) is 1.66. The molecule has 2 N–H and O–H groups in total. The summed E-state index contributed by atoms with van der Waals surface area (Å²) < 4.78 is 32.8. The molecule has 0 saturated heterocycles. The largest absolute Gasteiger partial charge is 0.453 e. The maximum absolute atomic E-state index is 13.8. The van der Waals surface area contributed by atoms with Crippen LogP contribution in [-0.4, -0.2) is 0 Å². The molecule has 100 valence electrons. The predicted octanol–water partition coefficient (Wildman–Crippen LogP) is 4.54. The van der Waals surface area contributed by atoms with Crippen LogP contribution in [0.1, 0.15) is 18.5 Å². The number of halogens is 3. The van der Waals surface area contributed by atoms with E-state index in [-0.39, 0.29) is 11.8 Å². The predicted molar refractivity (Wildman–Crippen MR) is 73.2 cm³/mol. The lowest BCUT2D eigenvalue weighted by Crippen LogP contribution is -2.07. The molecule has 0 amide bonds. The van der Waals surface area contributed by atoms with Gasteiger partial charge < -0.3 is 10.5 Å². The average Bonchev–Trinajstić information content (AvgIpc) is 2.34. The molecule has 2 rings (SSSR count). The molecule has 1 atom stereocenters. The van der Waals surface area contributed by atoms with Crippen LogP contribution in [0.25, 0.3) is 0 Å². The number of nitrogens with two attached hydrogens (primary N) is 1. The Kier molecular flexibility index (Phi) is 4.17. The zero-order valence-electron chi connectivity index (χ0n) is 10.2. The molecule has 0 aliphatic rings. The van der Waals surface area contributed by atoms with Crippen molar-refractivity contribution in [2.45, 2.75) is 13.0 Å². The van der Waals surface area contributed by atoms with Gasteiger partial charge in [0.25, 0.3) is 0 Å². The van der Waals surface area contributed by atoms with Crippen molar-refractivity contribution >= 4 is 15.9 Å². The van der Waals surface area contributed by atoms with Crippen molar-refractivity contribution in [2.75, 3.05) is 0 Å². The number of para-hydroxylation sites is 1. The van der Waals surface area contributed by atoms with Gasteiger partial charge >= 0.3 is 0 Å². The number of hydrogen-bond acceptors (Lipinski definition) is 2. The zero-order valence-corrected chi connectivity index (χ0v) is 11.7. The van der Waals surface area contributed by atoms with Crippen molar-refractivity contribution in [2.24, 2.45) is 5.73 Å². The quantitative estimate of drug-likeness (QED) is 0.898. The standard InChI is InChI=1S/C14H12BrF2NO/c1-8(18)10-3-2-4-12(17)14(10)19-13-6-5-9(16)7-11(13)15/h2-8H,18H2,1H3/t8-/m0/s1. The van der Waals surface area contributed by atoms with E-state index in [0.717, 1.165) is 0 Å². The van der Waals surface area contributed by atoms with Gasteiger partial charge in [-0.2, -0.15) is 0 Å². The average molecular weight is 328 g/mol. The second kappa shape index (κ2) is 5.67. The molecule has 2 nitrogen and oxygen atoms in total. The summed E-state index contributed by atoms with van der Waals surface area (Å²) in [7, 11) is 0. The maximum Gasteiger partial charge on any atom is 0.167 e. The highest BCUT2D eigenvalue weighted by molar-refractivity contribution is 9.10. The van der Waals surface area contributed by atoms with E-state index in [1.54, 1.807) is 19.1 Å². The molecule has 0 heterocycles. The summed E-state index contributed by atoms with van der Waals surface area (Å²) in [6.45, 7) is 1.74. The third kappa shape index (κ3) is 3.11. The minimum Gasteiger partial charge on any atom is -0.453 e. The Morgan fingerprint density at radius 1 is 1.21 bits per heavy atom. The minimum absolute atomic E-state index is 0.0600. The van der Waals surface area contributed by atoms with E-state index in [1.807, 2.05) is 0 Å². The second-order valence-electron chi connectivity index (χ2n) is 4.12. The lowest BCUT2D eigenvalue weighted by molar-refractivity contribution is 0.429. The summed E-state index contributed by atoms with van der Waals surface area (Å²) in [6.07, 6.45) is 0. The highest BCUT2D eigenvalue weighted by atomic mass is 79.9. The lowest BCUT2D eigenvalue weighted by atomic mass is 10.1. The van der Waals surface area contributed by atoms with E-state index in [1.165, 1.54) is 24.3 Å². The third-order valence-electron chi connectivity index (χ3n) is 2.59. The summed E-state index contributed by atoms with van der Waals surface area (Å²) >= 11 is 3.17.